The lowest BCUT2D eigenvalue weighted by atomic mass is 10.2. The second-order valence-electron chi connectivity index (χ2n) is 4.53. The fraction of sp³-hybridized carbons (Fsp3) is 0.400. The van der Waals surface area contributed by atoms with Gasteiger partial charge in [-0.15, -0.1) is 0 Å². The predicted octanol–water partition coefficient (Wildman–Crippen LogP) is 2.24. The molecule has 1 amide bonds. The van der Waals surface area contributed by atoms with Crippen LogP contribution in [0.5, 0.6) is 0 Å². The molecule has 0 aliphatic rings. The summed E-state index contributed by atoms with van der Waals surface area (Å²) in [4.78, 5) is 17.5. The maximum atomic E-state index is 12.1. The van der Waals surface area contributed by atoms with Gasteiger partial charge in [-0.2, -0.15) is 0 Å². The maximum absolute atomic E-state index is 12.1. The van der Waals surface area contributed by atoms with Crippen molar-refractivity contribution in [1.29, 1.82) is 0 Å². The number of rotatable bonds is 6. The van der Waals surface area contributed by atoms with E-state index in [9.17, 15) is 4.79 Å². The smallest absolute Gasteiger partial charge is 0.268 e. The number of carbonyl (C=O) groups excluding carboxylic acids is 1. The van der Waals surface area contributed by atoms with Gasteiger partial charge >= 0.3 is 0 Å². The molecule has 1 aromatic carbocycles. The Balaban J connectivity index is 1.97. The van der Waals surface area contributed by atoms with Crippen LogP contribution in [0.1, 0.15) is 24.3 Å². The molecule has 102 valence electrons. The van der Waals surface area contributed by atoms with Crippen LogP contribution in [-0.2, 0) is 0 Å². The maximum Gasteiger partial charge on any atom is 0.268 e. The zero-order valence-corrected chi connectivity index (χ0v) is 11.6. The summed E-state index contributed by atoms with van der Waals surface area (Å²) >= 11 is 0. The largest absolute Gasteiger partial charge is 0.356 e. The second kappa shape index (κ2) is 6.38. The quantitative estimate of drug-likeness (QED) is 0.836. The average molecular weight is 259 g/mol. The fourth-order valence-corrected chi connectivity index (χ4v) is 2.22. The van der Waals surface area contributed by atoms with E-state index in [0.717, 1.165) is 30.4 Å². The predicted molar refractivity (Wildman–Crippen MR) is 78.4 cm³/mol. The molecule has 0 atom stereocenters. The van der Waals surface area contributed by atoms with Gasteiger partial charge in [-0.05, 0) is 18.5 Å². The number of aromatic nitrogens is 1. The number of aromatic amines is 1. The van der Waals surface area contributed by atoms with Crippen molar-refractivity contribution in [3.8, 4) is 0 Å². The fourth-order valence-electron chi connectivity index (χ4n) is 2.22. The van der Waals surface area contributed by atoms with Crippen LogP contribution in [0.3, 0.4) is 0 Å². The molecule has 0 radical (unpaired) electrons. The molecule has 2 rings (SSSR count). The third-order valence-corrected chi connectivity index (χ3v) is 3.44. The Morgan fingerprint density at radius 3 is 2.74 bits per heavy atom. The van der Waals surface area contributed by atoms with Gasteiger partial charge in [0, 0.05) is 24.7 Å². The SMILES string of the molecule is CCN(CC)CCNC(=O)c1[nH]cc2ccccc12. The van der Waals surface area contributed by atoms with Crippen molar-refractivity contribution in [2.75, 3.05) is 26.2 Å². The van der Waals surface area contributed by atoms with Crippen LogP contribution < -0.4 is 5.32 Å². The van der Waals surface area contributed by atoms with Gasteiger partial charge in [0.1, 0.15) is 5.69 Å². The zero-order chi connectivity index (χ0) is 13.7. The number of likely N-dealkylation sites (N-methyl/N-ethyl adjacent to an activating group) is 1. The molecule has 0 fully saturated rings. The molecule has 0 aliphatic carbocycles. The Morgan fingerprint density at radius 1 is 1.26 bits per heavy atom. The lowest BCUT2D eigenvalue weighted by Gasteiger charge is -2.17. The molecular formula is C15H21N3O. The summed E-state index contributed by atoms with van der Waals surface area (Å²) in [6.45, 7) is 7.84. The number of hydrogen-bond acceptors (Lipinski definition) is 2. The molecule has 0 saturated heterocycles. The number of H-pyrrole nitrogens is 1. The lowest BCUT2D eigenvalue weighted by molar-refractivity contribution is 0.0946. The molecular weight excluding hydrogens is 238 g/mol. The lowest BCUT2D eigenvalue weighted by Crippen LogP contribution is -2.34. The van der Waals surface area contributed by atoms with Gasteiger partial charge < -0.3 is 15.2 Å². The summed E-state index contributed by atoms with van der Waals surface area (Å²) in [5, 5.41) is 5.01. The summed E-state index contributed by atoms with van der Waals surface area (Å²) in [6, 6.07) is 7.88. The van der Waals surface area contributed by atoms with E-state index in [0.29, 0.717) is 12.2 Å². The highest BCUT2D eigenvalue weighted by molar-refractivity contribution is 6.05. The molecule has 1 aromatic heterocycles. The van der Waals surface area contributed by atoms with Gasteiger partial charge in [0.05, 0.1) is 0 Å². The Labute approximate surface area is 113 Å². The average Bonchev–Trinajstić information content (AvgIpc) is 2.87. The van der Waals surface area contributed by atoms with E-state index in [-0.39, 0.29) is 5.91 Å². The highest BCUT2D eigenvalue weighted by atomic mass is 16.1. The van der Waals surface area contributed by atoms with Crippen molar-refractivity contribution in [3.05, 3.63) is 36.2 Å². The summed E-state index contributed by atoms with van der Waals surface area (Å²) in [6.07, 6.45) is 1.87. The van der Waals surface area contributed by atoms with E-state index >= 15 is 0 Å². The molecule has 2 aromatic rings. The first-order valence-corrected chi connectivity index (χ1v) is 6.83. The van der Waals surface area contributed by atoms with Crippen molar-refractivity contribution in [3.63, 3.8) is 0 Å². The number of nitrogens with one attached hydrogen (secondary N) is 2. The number of nitrogens with zero attached hydrogens (tertiary/aromatic N) is 1. The van der Waals surface area contributed by atoms with E-state index in [4.69, 9.17) is 0 Å². The second-order valence-corrected chi connectivity index (χ2v) is 4.53. The van der Waals surface area contributed by atoms with Gasteiger partial charge in [-0.1, -0.05) is 38.1 Å². The number of carbonyl (C=O) groups is 1. The van der Waals surface area contributed by atoms with E-state index in [1.807, 2.05) is 30.5 Å². The van der Waals surface area contributed by atoms with E-state index in [1.165, 1.54) is 0 Å². The summed E-state index contributed by atoms with van der Waals surface area (Å²) < 4.78 is 0. The van der Waals surface area contributed by atoms with Crippen LogP contribution in [0.2, 0.25) is 0 Å². The van der Waals surface area contributed by atoms with Crippen molar-refractivity contribution in [1.82, 2.24) is 15.2 Å². The van der Waals surface area contributed by atoms with Gasteiger partial charge in [0.15, 0.2) is 0 Å². The molecule has 2 N–H and O–H groups in total. The van der Waals surface area contributed by atoms with Crippen LogP contribution in [0.4, 0.5) is 0 Å². The van der Waals surface area contributed by atoms with E-state index in [2.05, 4.69) is 29.0 Å². The molecule has 4 heteroatoms. The molecule has 0 unspecified atom stereocenters. The van der Waals surface area contributed by atoms with Gasteiger partial charge in [0.2, 0.25) is 0 Å². The number of benzene rings is 1. The number of amides is 1. The van der Waals surface area contributed by atoms with E-state index < -0.39 is 0 Å². The van der Waals surface area contributed by atoms with Crippen LogP contribution in [-0.4, -0.2) is 42.0 Å². The van der Waals surface area contributed by atoms with Crippen LogP contribution >= 0.6 is 0 Å². The Kier molecular flexibility index (Phi) is 4.58. The summed E-state index contributed by atoms with van der Waals surface area (Å²) in [7, 11) is 0. The summed E-state index contributed by atoms with van der Waals surface area (Å²) in [5.74, 6) is -0.0339. The molecule has 0 saturated carbocycles. The van der Waals surface area contributed by atoms with Crippen LogP contribution in [0.15, 0.2) is 30.5 Å². The van der Waals surface area contributed by atoms with Gasteiger partial charge in [-0.3, -0.25) is 4.79 Å². The first-order chi connectivity index (χ1) is 9.26. The Hall–Kier alpha value is -1.81. The van der Waals surface area contributed by atoms with Crippen LogP contribution in [0.25, 0.3) is 10.8 Å². The zero-order valence-electron chi connectivity index (χ0n) is 11.6. The minimum Gasteiger partial charge on any atom is -0.356 e. The minimum atomic E-state index is -0.0339. The van der Waals surface area contributed by atoms with Crippen molar-refractivity contribution >= 4 is 16.7 Å². The third kappa shape index (κ3) is 3.15. The molecule has 1 heterocycles. The normalized spacial score (nSPS) is 11.1. The number of hydrogen-bond donors (Lipinski definition) is 2. The highest BCUT2D eigenvalue weighted by Gasteiger charge is 2.11. The molecule has 0 spiro atoms. The Bertz CT molecular complexity index is 543. The molecule has 4 nitrogen and oxygen atoms in total. The van der Waals surface area contributed by atoms with Crippen molar-refractivity contribution in [2.24, 2.45) is 0 Å². The van der Waals surface area contributed by atoms with E-state index in [1.54, 1.807) is 0 Å². The Morgan fingerprint density at radius 2 is 2.00 bits per heavy atom. The minimum absolute atomic E-state index is 0.0339. The van der Waals surface area contributed by atoms with Crippen LogP contribution in [0, 0.1) is 0 Å². The molecule has 0 bridgehead atoms. The van der Waals surface area contributed by atoms with Crippen molar-refractivity contribution < 1.29 is 4.79 Å². The monoisotopic (exact) mass is 259 g/mol. The first-order valence-electron chi connectivity index (χ1n) is 6.83. The number of fused-ring (bicyclic) bond motifs is 1. The first kappa shape index (κ1) is 13.6. The van der Waals surface area contributed by atoms with Gasteiger partial charge in [-0.25, -0.2) is 0 Å². The molecule has 0 aliphatic heterocycles. The van der Waals surface area contributed by atoms with Crippen molar-refractivity contribution in [2.45, 2.75) is 13.8 Å². The topological polar surface area (TPSA) is 48.1 Å². The summed E-state index contributed by atoms with van der Waals surface area (Å²) in [5.41, 5.74) is 0.648. The highest BCUT2D eigenvalue weighted by Crippen LogP contribution is 2.17. The molecule has 19 heavy (non-hydrogen) atoms. The third-order valence-electron chi connectivity index (χ3n) is 3.44. The standard InChI is InChI=1S/C15H21N3O/c1-3-18(4-2)10-9-16-15(19)14-13-8-6-5-7-12(13)11-17-14/h5-8,11,17H,3-4,9-10H2,1-2H3,(H,16,19). The van der Waals surface area contributed by atoms with Gasteiger partial charge in [0.25, 0.3) is 5.91 Å².